The molecule has 0 aliphatic carbocycles. The van der Waals surface area contributed by atoms with E-state index in [9.17, 15) is 4.79 Å². The van der Waals surface area contributed by atoms with Crippen molar-refractivity contribution in [2.45, 2.75) is 32.5 Å². The monoisotopic (exact) mass is 245 g/mol. The molecule has 1 aliphatic heterocycles. The van der Waals surface area contributed by atoms with E-state index >= 15 is 0 Å². The molecule has 0 unspecified atom stereocenters. The molecule has 1 rings (SSSR count). The zero-order chi connectivity index (χ0) is 12.9. The molecule has 5 nitrogen and oxygen atoms in total. The second kappa shape index (κ2) is 6.21. The fraction of sp³-hybridized carbons (Fsp3) is 0.917. The van der Waals surface area contributed by atoms with Gasteiger partial charge >= 0.3 is 6.09 Å². The van der Waals surface area contributed by atoms with Crippen molar-refractivity contribution in [1.29, 1.82) is 0 Å². The Labute approximate surface area is 103 Å². The van der Waals surface area contributed by atoms with E-state index in [2.05, 4.69) is 0 Å². The first-order chi connectivity index (χ1) is 8.03. The Kier molecular flexibility index (Phi) is 5.21. The lowest BCUT2D eigenvalue weighted by atomic mass is 10.0. The molecule has 5 heteroatoms. The summed E-state index contributed by atoms with van der Waals surface area (Å²) in [6.07, 6.45) is 1.12. The number of hydrogen-bond donors (Lipinski definition) is 0. The van der Waals surface area contributed by atoms with Crippen LogP contribution in [-0.2, 0) is 14.2 Å². The first-order valence-electron chi connectivity index (χ1n) is 6.05. The highest BCUT2D eigenvalue weighted by molar-refractivity contribution is 5.67. The van der Waals surface area contributed by atoms with Crippen molar-refractivity contribution < 1.29 is 19.0 Å². The largest absolute Gasteiger partial charge is 0.449 e. The SMILES string of the molecule is COC1(OC)CCN(C(=O)OCC(C)C)CC1. The lowest BCUT2D eigenvalue weighted by Gasteiger charge is -2.39. The minimum atomic E-state index is -0.533. The third-order valence-corrected chi connectivity index (χ3v) is 3.07. The lowest BCUT2D eigenvalue weighted by molar-refractivity contribution is -0.227. The van der Waals surface area contributed by atoms with Crippen LogP contribution in [0, 0.1) is 5.92 Å². The van der Waals surface area contributed by atoms with Gasteiger partial charge in [0.25, 0.3) is 0 Å². The highest BCUT2D eigenvalue weighted by Gasteiger charge is 2.36. The van der Waals surface area contributed by atoms with Gasteiger partial charge in [-0.1, -0.05) is 13.8 Å². The fourth-order valence-electron chi connectivity index (χ4n) is 1.85. The van der Waals surface area contributed by atoms with Gasteiger partial charge in [0.2, 0.25) is 0 Å². The second-order valence-electron chi connectivity index (χ2n) is 4.78. The maximum absolute atomic E-state index is 11.7. The van der Waals surface area contributed by atoms with Gasteiger partial charge in [-0.3, -0.25) is 0 Å². The molecule has 1 aliphatic rings. The predicted octanol–water partition coefficient (Wildman–Crippen LogP) is 1.86. The summed E-state index contributed by atoms with van der Waals surface area (Å²) < 4.78 is 15.9. The summed E-state index contributed by atoms with van der Waals surface area (Å²) in [4.78, 5) is 13.4. The molecule has 0 aromatic rings. The van der Waals surface area contributed by atoms with Gasteiger partial charge in [0, 0.05) is 40.2 Å². The molecule has 0 spiro atoms. The van der Waals surface area contributed by atoms with Crippen LogP contribution in [0.3, 0.4) is 0 Å². The quantitative estimate of drug-likeness (QED) is 0.709. The number of hydrogen-bond acceptors (Lipinski definition) is 4. The van der Waals surface area contributed by atoms with E-state index in [1.54, 1.807) is 19.1 Å². The minimum Gasteiger partial charge on any atom is -0.449 e. The van der Waals surface area contributed by atoms with Crippen LogP contribution in [0.25, 0.3) is 0 Å². The molecule has 1 fully saturated rings. The van der Waals surface area contributed by atoms with E-state index in [0.29, 0.717) is 38.5 Å². The Morgan fingerprint density at radius 2 is 1.76 bits per heavy atom. The van der Waals surface area contributed by atoms with Crippen molar-refractivity contribution in [3.63, 3.8) is 0 Å². The van der Waals surface area contributed by atoms with Crippen LogP contribution in [0.2, 0.25) is 0 Å². The molecule has 0 atom stereocenters. The average molecular weight is 245 g/mol. The zero-order valence-corrected chi connectivity index (χ0v) is 11.2. The van der Waals surface area contributed by atoms with Gasteiger partial charge in [0.1, 0.15) is 0 Å². The Morgan fingerprint density at radius 3 is 2.18 bits per heavy atom. The Hall–Kier alpha value is -0.810. The van der Waals surface area contributed by atoms with E-state index in [1.165, 1.54) is 0 Å². The molecule has 0 N–H and O–H groups in total. The van der Waals surface area contributed by atoms with Gasteiger partial charge in [-0.15, -0.1) is 0 Å². The fourth-order valence-corrected chi connectivity index (χ4v) is 1.85. The maximum atomic E-state index is 11.7. The van der Waals surface area contributed by atoms with E-state index in [-0.39, 0.29) is 6.09 Å². The molecule has 0 saturated carbocycles. The second-order valence-corrected chi connectivity index (χ2v) is 4.78. The van der Waals surface area contributed by atoms with E-state index in [4.69, 9.17) is 14.2 Å². The first-order valence-corrected chi connectivity index (χ1v) is 6.05. The molecule has 0 radical (unpaired) electrons. The van der Waals surface area contributed by atoms with Gasteiger partial charge in [0.05, 0.1) is 6.61 Å². The highest BCUT2D eigenvalue weighted by atomic mass is 16.7. The van der Waals surface area contributed by atoms with Gasteiger partial charge in [-0.05, 0) is 5.92 Å². The van der Waals surface area contributed by atoms with Gasteiger partial charge < -0.3 is 19.1 Å². The summed E-state index contributed by atoms with van der Waals surface area (Å²) in [5.74, 6) is -0.171. The summed E-state index contributed by atoms with van der Waals surface area (Å²) >= 11 is 0. The number of likely N-dealkylation sites (tertiary alicyclic amines) is 1. The Balaban J connectivity index is 2.38. The summed E-state index contributed by atoms with van der Waals surface area (Å²) in [5, 5.41) is 0. The number of nitrogens with zero attached hydrogens (tertiary/aromatic N) is 1. The molecule has 100 valence electrons. The van der Waals surface area contributed by atoms with Crippen LogP contribution < -0.4 is 0 Å². The highest BCUT2D eigenvalue weighted by Crippen LogP contribution is 2.26. The smallest absolute Gasteiger partial charge is 0.409 e. The summed E-state index contributed by atoms with van der Waals surface area (Å²) in [6.45, 7) is 5.72. The standard InChI is InChI=1S/C12H23NO4/c1-10(2)9-17-11(14)13-7-5-12(15-3,16-4)6-8-13/h10H,5-9H2,1-4H3. The molecule has 0 aromatic carbocycles. The number of amides is 1. The first kappa shape index (κ1) is 14.3. The summed E-state index contributed by atoms with van der Waals surface area (Å²) in [6, 6.07) is 0. The van der Waals surface area contributed by atoms with Crippen molar-refractivity contribution in [2.24, 2.45) is 5.92 Å². The van der Waals surface area contributed by atoms with Crippen molar-refractivity contribution >= 4 is 6.09 Å². The number of piperidine rings is 1. The van der Waals surface area contributed by atoms with Crippen molar-refractivity contribution in [3.05, 3.63) is 0 Å². The molecule has 17 heavy (non-hydrogen) atoms. The lowest BCUT2D eigenvalue weighted by Crippen LogP contribution is -2.48. The molecule has 1 amide bonds. The van der Waals surface area contributed by atoms with E-state index in [0.717, 1.165) is 0 Å². The molecular formula is C12H23NO4. The van der Waals surface area contributed by atoms with Crippen LogP contribution in [0.5, 0.6) is 0 Å². The maximum Gasteiger partial charge on any atom is 0.409 e. The Bertz CT molecular complexity index is 241. The molecule has 0 aromatic heterocycles. The number of rotatable bonds is 4. The predicted molar refractivity (Wildman–Crippen MR) is 63.7 cm³/mol. The normalized spacial score (nSPS) is 19.5. The van der Waals surface area contributed by atoms with Crippen molar-refractivity contribution in [1.82, 2.24) is 4.90 Å². The van der Waals surface area contributed by atoms with Gasteiger partial charge in [-0.25, -0.2) is 4.79 Å². The number of methoxy groups -OCH3 is 2. The van der Waals surface area contributed by atoms with Crippen molar-refractivity contribution in [2.75, 3.05) is 33.9 Å². The summed E-state index contributed by atoms with van der Waals surface area (Å²) in [7, 11) is 3.27. The topological polar surface area (TPSA) is 48.0 Å². The van der Waals surface area contributed by atoms with Gasteiger partial charge in [0.15, 0.2) is 5.79 Å². The summed E-state index contributed by atoms with van der Waals surface area (Å²) in [5.41, 5.74) is 0. The number of carbonyl (C=O) groups excluding carboxylic acids is 1. The van der Waals surface area contributed by atoms with Crippen LogP contribution in [0.1, 0.15) is 26.7 Å². The molecule has 1 heterocycles. The van der Waals surface area contributed by atoms with Crippen LogP contribution >= 0.6 is 0 Å². The Morgan fingerprint density at radius 1 is 1.24 bits per heavy atom. The van der Waals surface area contributed by atoms with Crippen LogP contribution in [0.4, 0.5) is 4.79 Å². The van der Waals surface area contributed by atoms with Crippen LogP contribution in [-0.4, -0.2) is 50.7 Å². The van der Waals surface area contributed by atoms with E-state index in [1.807, 2.05) is 13.8 Å². The number of ether oxygens (including phenoxy) is 3. The molecule has 0 bridgehead atoms. The van der Waals surface area contributed by atoms with Crippen LogP contribution in [0.15, 0.2) is 0 Å². The molecular weight excluding hydrogens is 222 g/mol. The molecule has 1 saturated heterocycles. The van der Waals surface area contributed by atoms with E-state index < -0.39 is 5.79 Å². The third kappa shape index (κ3) is 3.85. The zero-order valence-electron chi connectivity index (χ0n) is 11.2. The van der Waals surface area contributed by atoms with Gasteiger partial charge in [-0.2, -0.15) is 0 Å². The number of carbonyl (C=O) groups is 1. The minimum absolute atomic E-state index is 0.237. The average Bonchev–Trinajstić information content (AvgIpc) is 2.36. The third-order valence-electron chi connectivity index (χ3n) is 3.07. The van der Waals surface area contributed by atoms with Crippen molar-refractivity contribution in [3.8, 4) is 0 Å².